The van der Waals surface area contributed by atoms with E-state index in [0.29, 0.717) is 12.1 Å². The van der Waals surface area contributed by atoms with Crippen LogP contribution in [0.25, 0.3) is 0 Å². The topological polar surface area (TPSA) is 3.24 Å². The second kappa shape index (κ2) is 4.42. The van der Waals surface area contributed by atoms with Crippen LogP contribution in [0.2, 0.25) is 0 Å². The molecule has 0 unspecified atom stereocenters. The molecule has 0 aromatic carbocycles. The van der Waals surface area contributed by atoms with Gasteiger partial charge in [-0.2, -0.15) is 0 Å². The van der Waals surface area contributed by atoms with E-state index < -0.39 is 0 Å². The second-order valence-corrected chi connectivity index (χ2v) is 3.59. The molecule has 9 heavy (non-hydrogen) atoms. The van der Waals surface area contributed by atoms with E-state index in [4.69, 9.17) is 10.7 Å². The average molecular weight is 168 g/mol. The summed E-state index contributed by atoms with van der Waals surface area (Å²) in [5.74, 6) is 0. The van der Waals surface area contributed by atoms with Crippen molar-refractivity contribution in [1.29, 1.82) is 0 Å². The van der Waals surface area contributed by atoms with Crippen molar-refractivity contribution in [2.45, 2.75) is 39.8 Å². The Morgan fingerprint density at radius 2 is 1.44 bits per heavy atom. The van der Waals surface area contributed by atoms with E-state index in [-0.39, 0.29) is 0 Å². The lowest BCUT2D eigenvalue weighted by atomic mass is 10.3. The van der Waals surface area contributed by atoms with Gasteiger partial charge in [-0.05, 0) is 38.4 Å². The third kappa shape index (κ3) is 3.33. The van der Waals surface area contributed by atoms with Crippen LogP contribution < -0.4 is 0 Å². The van der Waals surface area contributed by atoms with Gasteiger partial charge in [0.15, 0.2) is 0 Å². The number of nitrogens with zero attached hydrogens (tertiary/aromatic N) is 1. The van der Waals surface area contributed by atoms with Gasteiger partial charge in [0.2, 0.25) is 0 Å². The molecule has 0 saturated heterocycles. The molecular formula is C6H14ClNS. The number of hydrogen-bond donors (Lipinski definition) is 0. The Morgan fingerprint density at radius 3 is 1.44 bits per heavy atom. The van der Waals surface area contributed by atoms with E-state index in [1.165, 1.54) is 11.2 Å². The molecule has 0 amide bonds. The first-order valence-electron chi connectivity index (χ1n) is 3.16. The molecular weight excluding hydrogens is 154 g/mol. The maximum absolute atomic E-state index is 5.60. The fourth-order valence-corrected chi connectivity index (χ4v) is 2.03. The molecule has 0 aromatic rings. The van der Waals surface area contributed by atoms with Gasteiger partial charge in [0.1, 0.15) is 0 Å². The smallest absolute Gasteiger partial charge is 0.0312 e. The third-order valence-electron chi connectivity index (χ3n) is 1.10. The van der Waals surface area contributed by atoms with Gasteiger partial charge in [0.25, 0.3) is 0 Å². The Bertz CT molecular complexity index is 67.5. The highest BCUT2D eigenvalue weighted by atomic mass is 35.7. The average Bonchev–Trinajstić information content (AvgIpc) is 1.64. The summed E-state index contributed by atoms with van der Waals surface area (Å²) >= 11 is 1.29. The highest BCUT2D eigenvalue weighted by Crippen LogP contribution is 2.20. The fourth-order valence-electron chi connectivity index (χ4n) is 0.756. The summed E-state index contributed by atoms with van der Waals surface area (Å²) in [6, 6.07) is 1.04. The molecule has 0 radical (unpaired) electrons. The maximum atomic E-state index is 5.60. The van der Waals surface area contributed by atoms with E-state index in [2.05, 4.69) is 32.0 Å². The summed E-state index contributed by atoms with van der Waals surface area (Å²) in [5, 5.41) is 0. The van der Waals surface area contributed by atoms with E-state index in [1.54, 1.807) is 0 Å². The van der Waals surface area contributed by atoms with Crippen molar-refractivity contribution in [3.8, 4) is 0 Å². The molecule has 0 spiro atoms. The Kier molecular flexibility index (Phi) is 4.72. The Hall–Kier alpha value is 0.600. The minimum absolute atomic E-state index is 0.521. The Labute approximate surface area is 66.4 Å². The van der Waals surface area contributed by atoms with Gasteiger partial charge < -0.3 is 0 Å². The van der Waals surface area contributed by atoms with Crippen molar-refractivity contribution < 1.29 is 0 Å². The minimum Gasteiger partial charge on any atom is -0.232 e. The lowest BCUT2D eigenvalue weighted by Gasteiger charge is -2.25. The molecule has 0 saturated carbocycles. The van der Waals surface area contributed by atoms with Crippen LogP contribution in [0.4, 0.5) is 0 Å². The minimum atomic E-state index is 0.521. The molecule has 0 fully saturated rings. The summed E-state index contributed by atoms with van der Waals surface area (Å²) in [4.78, 5) is 0. The van der Waals surface area contributed by atoms with E-state index in [1.807, 2.05) is 0 Å². The van der Waals surface area contributed by atoms with Crippen LogP contribution in [0.1, 0.15) is 27.7 Å². The van der Waals surface area contributed by atoms with Crippen LogP contribution in [0.5, 0.6) is 0 Å². The van der Waals surface area contributed by atoms with Gasteiger partial charge in [-0.15, -0.1) is 0 Å². The number of hydrogen-bond acceptors (Lipinski definition) is 2. The van der Waals surface area contributed by atoms with Crippen molar-refractivity contribution >= 4 is 21.8 Å². The standard InChI is InChI=1S/C6H14ClNS/c1-5(2)8(9-7)6(3)4/h5-6H,1-4H3. The molecule has 0 aliphatic carbocycles. The first kappa shape index (κ1) is 9.60. The maximum Gasteiger partial charge on any atom is 0.0312 e. The molecule has 0 aromatic heterocycles. The third-order valence-corrected chi connectivity index (χ3v) is 2.58. The van der Waals surface area contributed by atoms with E-state index in [9.17, 15) is 0 Å². The quantitative estimate of drug-likeness (QED) is 0.595. The van der Waals surface area contributed by atoms with Gasteiger partial charge in [-0.1, -0.05) is 0 Å². The first-order chi connectivity index (χ1) is 4.09. The van der Waals surface area contributed by atoms with Crippen molar-refractivity contribution in [2.24, 2.45) is 0 Å². The van der Waals surface area contributed by atoms with E-state index >= 15 is 0 Å². The lowest BCUT2D eigenvalue weighted by molar-refractivity contribution is 0.339. The molecule has 0 bridgehead atoms. The van der Waals surface area contributed by atoms with Crippen LogP contribution in [0.3, 0.4) is 0 Å². The monoisotopic (exact) mass is 167 g/mol. The zero-order valence-corrected chi connectivity index (χ0v) is 7.96. The van der Waals surface area contributed by atoms with Gasteiger partial charge in [0.05, 0.1) is 0 Å². The van der Waals surface area contributed by atoms with Crippen molar-refractivity contribution in [3.05, 3.63) is 0 Å². The zero-order valence-electron chi connectivity index (χ0n) is 6.39. The highest BCUT2D eigenvalue weighted by molar-refractivity contribution is 8.19. The van der Waals surface area contributed by atoms with Crippen LogP contribution in [-0.2, 0) is 0 Å². The summed E-state index contributed by atoms with van der Waals surface area (Å²) in [6.45, 7) is 8.54. The van der Waals surface area contributed by atoms with Crippen LogP contribution >= 0.6 is 21.8 Å². The largest absolute Gasteiger partial charge is 0.232 e. The second-order valence-electron chi connectivity index (χ2n) is 2.62. The van der Waals surface area contributed by atoms with Gasteiger partial charge >= 0.3 is 0 Å². The lowest BCUT2D eigenvalue weighted by Crippen LogP contribution is -2.29. The van der Waals surface area contributed by atoms with Crippen LogP contribution in [0.15, 0.2) is 0 Å². The summed E-state index contributed by atoms with van der Waals surface area (Å²) in [6.07, 6.45) is 0. The van der Waals surface area contributed by atoms with Gasteiger partial charge in [-0.25, -0.2) is 4.31 Å². The molecule has 0 heterocycles. The summed E-state index contributed by atoms with van der Waals surface area (Å²) in [5.41, 5.74) is 0. The molecule has 0 N–H and O–H groups in total. The molecule has 1 nitrogen and oxygen atoms in total. The highest BCUT2D eigenvalue weighted by Gasteiger charge is 2.11. The summed E-state index contributed by atoms with van der Waals surface area (Å²) < 4.78 is 2.14. The van der Waals surface area contributed by atoms with Gasteiger partial charge in [-0.3, -0.25) is 0 Å². The number of rotatable bonds is 3. The van der Waals surface area contributed by atoms with Crippen molar-refractivity contribution in [3.63, 3.8) is 0 Å². The Morgan fingerprint density at radius 1 is 1.11 bits per heavy atom. The van der Waals surface area contributed by atoms with Gasteiger partial charge in [0, 0.05) is 23.2 Å². The number of halogens is 1. The molecule has 56 valence electrons. The first-order valence-corrected chi connectivity index (χ1v) is 4.76. The molecule has 0 aliphatic rings. The van der Waals surface area contributed by atoms with Crippen molar-refractivity contribution in [1.82, 2.24) is 4.31 Å². The molecule has 0 rings (SSSR count). The predicted octanol–water partition coefficient (Wildman–Crippen LogP) is 2.91. The zero-order chi connectivity index (χ0) is 7.44. The Balaban J connectivity index is 3.68. The molecule has 0 atom stereocenters. The van der Waals surface area contributed by atoms with Crippen LogP contribution in [-0.4, -0.2) is 16.4 Å². The van der Waals surface area contributed by atoms with E-state index in [0.717, 1.165) is 0 Å². The molecule has 3 heteroatoms. The molecule has 0 aliphatic heterocycles. The normalized spacial score (nSPS) is 12.0. The SMILES string of the molecule is CC(C)N(SCl)C(C)C. The van der Waals surface area contributed by atoms with Crippen LogP contribution in [0, 0.1) is 0 Å². The van der Waals surface area contributed by atoms with Crippen molar-refractivity contribution in [2.75, 3.05) is 0 Å². The summed E-state index contributed by atoms with van der Waals surface area (Å²) in [7, 11) is 5.60. The predicted molar refractivity (Wildman–Crippen MR) is 45.6 cm³/mol. The fraction of sp³-hybridized carbons (Fsp3) is 1.00.